The zero-order valence-electron chi connectivity index (χ0n) is 15.9. The first-order valence-corrected chi connectivity index (χ1v) is 9.40. The molecule has 4 rings (SSSR count). The van der Waals surface area contributed by atoms with Crippen molar-refractivity contribution in [1.29, 1.82) is 0 Å². The van der Waals surface area contributed by atoms with E-state index in [1.807, 2.05) is 37.4 Å². The molecule has 0 aliphatic carbocycles. The van der Waals surface area contributed by atoms with Gasteiger partial charge in [0.2, 0.25) is 11.7 Å². The number of carbonyl (C=O) groups is 1. The first-order chi connectivity index (χ1) is 13.8. The summed E-state index contributed by atoms with van der Waals surface area (Å²) in [4.78, 5) is 20.7. The number of nitrogens with zero attached hydrogens (tertiary/aromatic N) is 4. The van der Waals surface area contributed by atoms with Crippen LogP contribution in [-0.4, -0.2) is 51.9 Å². The smallest absolute Gasteiger partial charge is 0.332 e. The monoisotopic (exact) mass is 402 g/mol. The highest BCUT2D eigenvalue weighted by Crippen LogP contribution is 2.32. The SMILES string of the molecule is CN1CCN(C(=O)Cn2c(C(F)(F)F)nc3ccccc32)C(c2ccccc2)C1. The van der Waals surface area contributed by atoms with Crippen molar-refractivity contribution in [3.8, 4) is 0 Å². The Balaban J connectivity index is 1.68. The van der Waals surface area contributed by atoms with Gasteiger partial charge in [-0.3, -0.25) is 4.79 Å². The second-order valence-electron chi connectivity index (χ2n) is 7.28. The molecule has 1 amide bonds. The Morgan fingerprint density at radius 2 is 1.76 bits per heavy atom. The Morgan fingerprint density at radius 1 is 1.07 bits per heavy atom. The molecule has 1 atom stereocenters. The minimum Gasteiger partial charge on any atom is -0.332 e. The number of alkyl halides is 3. The normalized spacial score (nSPS) is 18.3. The molecule has 0 N–H and O–H groups in total. The second kappa shape index (κ2) is 7.51. The minimum absolute atomic E-state index is 0.202. The maximum atomic E-state index is 13.6. The quantitative estimate of drug-likeness (QED) is 0.673. The van der Waals surface area contributed by atoms with Crippen molar-refractivity contribution in [1.82, 2.24) is 19.4 Å². The van der Waals surface area contributed by atoms with E-state index in [0.29, 0.717) is 25.2 Å². The van der Waals surface area contributed by atoms with Gasteiger partial charge in [0.05, 0.1) is 17.1 Å². The number of rotatable bonds is 3. The van der Waals surface area contributed by atoms with Crippen LogP contribution in [0.4, 0.5) is 13.2 Å². The molecule has 1 fully saturated rings. The van der Waals surface area contributed by atoms with E-state index < -0.39 is 18.5 Å². The lowest BCUT2D eigenvalue weighted by Gasteiger charge is -2.40. The van der Waals surface area contributed by atoms with E-state index in [4.69, 9.17) is 0 Å². The third-order valence-electron chi connectivity index (χ3n) is 5.29. The van der Waals surface area contributed by atoms with Crippen molar-refractivity contribution in [2.75, 3.05) is 26.7 Å². The molecule has 1 aliphatic heterocycles. The molecule has 2 aromatic carbocycles. The standard InChI is InChI=1S/C21H21F3N4O/c1-26-11-12-27(18(13-26)15-7-3-2-4-8-15)19(29)14-28-17-10-6-5-9-16(17)25-20(28)21(22,23)24/h2-10,18H,11-14H2,1H3. The lowest BCUT2D eigenvalue weighted by molar-refractivity contribution is -0.148. The van der Waals surface area contributed by atoms with Gasteiger partial charge < -0.3 is 14.4 Å². The average Bonchev–Trinajstić information content (AvgIpc) is 3.07. The number of aromatic nitrogens is 2. The van der Waals surface area contributed by atoms with Crippen LogP contribution >= 0.6 is 0 Å². The van der Waals surface area contributed by atoms with E-state index in [-0.39, 0.29) is 17.5 Å². The first-order valence-electron chi connectivity index (χ1n) is 9.40. The molecule has 3 aromatic rings. The Labute approximate surface area is 166 Å². The van der Waals surface area contributed by atoms with Crippen molar-refractivity contribution in [3.05, 3.63) is 66.0 Å². The summed E-state index contributed by atoms with van der Waals surface area (Å²) in [6.45, 7) is 1.36. The lowest BCUT2D eigenvalue weighted by Crippen LogP contribution is -2.50. The fraction of sp³-hybridized carbons (Fsp3) is 0.333. The van der Waals surface area contributed by atoms with Crippen LogP contribution in [0.15, 0.2) is 54.6 Å². The number of imidazole rings is 1. The molecule has 5 nitrogen and oxygen atoms in total. The fourth-order valence-corrected chi connectivity index (χ4v) is 3.86. The Bertz CT molecular complexity index is 1020. The van der Waals surface area contributed by atoms with E-state index in [9.17, 15) is 18.0 Å². The summed E-state index contributed by atoms with van der Waals surface area (Å²) < 4.78 is 41.7. The van der Waals surface area contributed by atoms with Gasteiger partial charge in [0.15, 0.2) is 0 Å². The van der Waals surface area contributed by atoms with Gasteiger partial charge in [0, 0.05) is 19.6 Å². The maximum absolute atomic E-state index is 13.6. The van der Waals surface area contributed by atoms with Crippen molar-refractivity contribution in [3.63, 3.8) is 0 Å². The van der Waals surface area contributed by atoms with Crippen molar-refractivity contribution in [2.24, 2.45) is 0 Å². The summed E-state index contributed by atoms with van der Waals surface area (Å²) in [7, 11) is 1.98. The van der Waals surface area contributed by atoms with E-state index in [1.165, 1.54) is 6.07 Å². The number of hydrogen-bond acceptors (Lipinski definition) is 3. The fourth-order valence-electron chi connectivity index (χ4n) is 3.86. The summed E-state index contributed by atoms with van der Waals surface area (Å²) in [5.74, 6) is -1.39. The van der Waals surface area contributed by atoms with Crippen LogP contribution in [0.25, 0.3) is 11.0 Å². The van der Waals surface area contributed by atoms with Gasteiger partial charge in [-0.1, -0.05) is 42.5 Å². The largest absolute Gasteiger partial charge is 0.449 e. The van der Waals surface area contributed by atoms with Crippen LogP contribution in [0.3, 0.4) is 0 Å². The van der Waals surface area contributed by atoms with Gasteiger partial charge in [-0.25, -0.2) is 4.98 Å². The number of likely N-dealkylation sites (N-methyl/N-ethyl adjacent to an activating group) is 1. The van der Waals surface area contributed by atoms with Gasteiger partial charge in [-0.2, -0.15) is 13.2 Å². The molecule has 1 aliphatic rings. The van der Waals surface area contributed by atoms with Crippen LogP contribution in [0.2, 0.25) is 0 Å². The van der Waals surface area contributed by atoms with Crippen LogP contribution in [-0.2, 0) is 17.5 Å². The Hall–Kier alpha value is -2.87. The highest BCUT2D eigenvalue weighted by Gasteiger charge is 2.39. The summed E-state index contributed by atoms with van der Waals surface area (Å²) in [5.41, 5.74) is 1.50. The maximum Gasteiger partial charge on any atom is 0.449 e. The van der Waals surface area contributed by atoms with E-state index in [2.05, 4.69) is 9.88 Å². The summed E-state index contributed by atoms with van der Waals surface area (Å²) >= 11 is 0. The van der Waals surface area contributed by atoms with Gasteiger partial charge in [-0.05, 0) is 24.7 Å². The molecule has 0 spiro atoms. The predicted octanol–water partition coefficient (Wildman–Crippen LogP) is 3.57. The third-order valence-corrected chi connectivity index (χ3v) is 5.29. The van der Waals surface area contributed by atoms with Crippen molar-refractivity contribution < 1.29 is 18.0 Å². The number of benzene rings is 2. The number of halogens is 3. The molecule has 0 saturated carbocycles. The predicted molar refractivity (Wildman–Crippen MR) is 103 cm³/mol. The van der Waals surface area contributed by atoms with E-state index >= 15 is 0 Å². The number of fused-ring (bicyclic) bond motifs is 1. The van der Waals surface area contributed by atoms with E-state index in [0.717, 1.165) is 10.1 Å². The average molecular weight is 402 g/mol. The third kappa shape index (κ3) is 3.85. The molecule has 1 unspecified atom stereocenters. The number of para-hydroxylation sites is 2. The second-order valence-corrected chi connectivity index (χ2v) is 7.28. The van der Waals surface area contributed by atoms with Crippen LogP contribution in [0.1, 0.15) is 17.4 Å². The molecule has 0 radical (unpaired) electrons. The molecule has 152 valence electrons. The van der Waals surface area contributed by atoms with Crippen LogP contribution < -0.4 is 0 Å². The molecular formula is C21H21F3N4O. The van der Waals surface area contributed by atoms with Crippen LogP contribution in [0.5, 0.6) is 0 Å². The lowest BCUT2D eigenvalue weighted by atomic mass is 10.0. The molecule has 0 bridgehead atoms. The Kier molecular flexibility index (Phi) is 5.04. The molecule has 8 heteroatoms. The summed E-state index contributed by atoms with van der Waals surface area (Å²) in [6, 6.07) is 15.7. The molecule has 2 heterocycles. The Morgan fingerprint density at radius 3 is 2.48 bits per heavy atom. The van der Waals surface area contributed by atoms with Gasteiger partial charge in [0.1, 0.15) is 6.54 Å². The topological polar surface area (TPSA) is 41.4 Å². The van der Waals surface area contributed by atoms with E-state index in [1.54, 1.807) is 23.1 Å². The zero-order chi connectivity index (χ0) is 20.6. The number of hydrogen-bond donors (Lipinski definition) is 0. The highest BCUT2D eigenvalue weighted by atomic mass is 19.4. The zero-order valence-corrected chi connectivity index (χ0v) is 15.9. The van der Waals surface area contributed by atoms with Crippen LogP contribution in [0, 0.1) is 0 Å². The summed E-state index contributed by atoms with van der Waals surface area (Å²) in [6.07, 6.45) is -4.64. The molecular weight excluding hydrogens is 381 g/mol. The molecule has 29 heavy (non-hydrogen) atoms. The van der Waals surface area contributed by atoms with Crippen molar-refractivity contribution >= 4 is 16.9 Å². The molecule has 1 saturated heterocycles. The first kappa shape index (κ1) is 19.4. The van der Waals surface area contributed by atoms with Gasteiger partial charge in [0.25, 0.3) is 0 Å². The number of carbonyl (C=O) groups excluding carboxylic acids is 1. The molecule has 1 aromatic heterocycles. The summed E-state index contributed by atoms with van der Waals surface area (Å²) in [5, 5.41) is 0. The number of amides is 1. The highest BCUT2D eigenvalue weighted by molar-refractivity contribution is 5.81. The number of piperazine rings is 1. The van der Waals surface area contributed by atoms with Gasteiger partial charge in [-0.15, -0.1) is 0 Å². The minimum atomic E-state index is -4.64. The van der Waals surface area contributed by atoms with Crippen molar-refractivity contribution in [2.45, 2.75) is 18.8 Å². The van der Waals surface area contributed by atoms with Gasteiger partial charge >= 0.3 is 6.18 Å².